The Balaban J connectivity index is 1.24. The molecule has 1 saturated carbocycles. The molecular weight excluding hydrogens is 512 g/mol. The minimum Gasteiger partial charge on any atom is -0.345 e. The van der Waals surface area contributed by atoms with Crippen molar-refractivity contribution >= 4 is 28.6 Å². The van der Waals surface area contributed by atoms with Crippen LogP contribution < -0.4 is 0 Å². The molecule has 5 heterocycles. The van der Waals surface area contributed by atoms with Crippen LogP contribution in [0.25, 0.3) is 5.69 Å². The fourth-order valence-corrected chi connectivity index (χ4v) is 6.75. The maximum absolute atomic E-state index is 14.0. The molecule has 5 aliphatic rings. The average molecular weight is 543 g/mol. The number of halogens is 1. The van der Waals surface area contributed by atoms with Crippen LogP contribution in [0.5, 0.6) is 0 Å². The zero-order valence-corrected chi connectivity index (χ0v) is 22.6. The van der Waals surface area contributed by atoms with Gasteiger partial charge in [0, 0.05) is 43.6 Å². The fraction of sp³-hybridized carbons (Fsp3) is 0.400. The van der Waals surface area contributed by atoms with Crippen LogP contribution in [0.1, 0.15) is 53.7 Å². The summed E-state index contributed by atoms with van der Waals surface area (Å²) in [6.07, 6.45) is 10.3. The van der Waals surface area contributed by atoms with E-state index in [2.05, 4.69) is 40.5 Å². The van der Waals surface area contributed by atoms with Crippen LogP contribution in [0, 0.1) is 0 Å². The summed E-state index contributed by atoms with van der Waals surface area (Å²) < 4.78 is 2.08. The van der Waals surface area contributed by atoms with E-state index in [1.807, 2.05) is 22.0 Å². The highest BCUT2D eigenvalue weighted by molar-refractivity contribution is 6.69. The van der Waals surface area contributed by atoms with E-state index in [0.29, 0.717) is 62.4 Å². The van der Waals surface area contributed by atoms with Gasteiger partial charge in [-0.1, -0.05) is 36.7 Å². The second-order valence-corrected chi connectivity index (χ2v) is 11.3. The van der Waals surface area contributed by atoms with Gasteiger partial charge in [0.05, 0.1) is 35.4 Å². The van der Waals surface area contributed by atoms with E-state index < -0.39 is 0 Å². The zero-order valence-electron chi connectivity index (χ0n) is 21.9. The first-order valence-corrected chi connectivity index (χ1v) is 14.2. The summed E-state index contributed by atoms with van der Waals surface area (Å²) in [5.74, 6) is 0.556. The predicted octanol–water partition coefficient (Wildman–Crippen LogP) is 3.87. The Morgan fingerprint density at radius 2 is 1.90 bits per heavy atom. The number of rotatable bonds is 4. The van der Waals surface area contributed by atoms with Crippen molar-refractivity contribution in [3.63, 3.8) is 0 Å². The topological polar surface area (TPSA) is 74.0 Å². The third-order valence-electron chi connectivity index (χ3n) is 8.88. The van der Waals surface area contributed by atoms with Crippen molar-refractivity contribution in [1.29, 1.82) is 0 Å². The van der Waals surface area contributed by atoms with Gasteiger partial charge in [0.15, 0.2) is 0 Å². The van der Waals surface area contributed by atoms with Gasteiger partial charge < -0.3 is 14.7 Å². The zero-order chi connectivity index (χ0) is 26.7. The maximum Gasteiger partial charge on any atom is 0.252 e. The number of hydrogen-bond donors (Lipinski definition) is 0. The Bertz CT molecular complexity index is 1460. The summed E-state index contributed by atoms with van der Waals surface area (Å²) in [6, 6.07) is 8.57. The quantitative estimate of drug-likeness (QED) is 0.550. The summed E-state index contributed by atoms with van der Waals surface area (Å²) in [7, 11) is 0. The lowest BCUT2D eigenvalue weighted by atomic mass is 9.80. The van der Waals surface area contributed by atoms with E-state index in [1.54, 1.807) is 4.90 Å². The normalized spacial score (nSPS) is 22.2. The monoisotopic (exact) mass is 542 g/mol. The van der Waals surface area contributed by atoms with E-state index in [1.165, 1.54) is 30.9 Å². The van der Waals surface area contributed by atoms with Gasteiger partial charge in [-0.05, 0) is 54.7 Å². The number of amides is 2. The second kappa shape index (κ2) is 9.52. The minimum atomic E-state index is -0.268. The molecule has 1 unspecified atom stereocenters. The maximum atomic E-state index is 14.0. The molecule has 1 aromatic heterocycles. The number of carbonyl (C=O) groups excluding carboxylic acids is 2. The van der Waals surface area contributed by atoms with Crippen molar-refractivity contribution in [2.45, 2.75) is 44.1 Å². The Hall–Kier alpha value is -3.65. The summed E-state index contributed by atoms with van der Waals surface area (Å²) >= 11 is 6.21. The van der Waals surface area contributed by atoms with Crippen LogP contribution in [0.15, 0.2) is 65.3 Å². The standard InChI is InChI=1S/C30H31ClN6O2/c1-2-27(38)34-14-12-23-28-24(37(33-23)22-9-6-20(7-10-22)19-4-3-5-19)13-15-36(26(28)17-34)30(39)21-8-11-25-29(31)32-18-35(25)16-21/h2,6-11,19,26H,1,3-5,12-18H2. The number of carbonyl (C=O) groups is 2. The van der Waals surface area contributed by atoms with Crippen molar-refractivity contribution in [3.8, 4) is 5.69 Å². The molecule has 39 heavy (non-hydrogen) atoms. The molecule has 0 spiro atoms. The number of nitrogens with zero attached hydrogens (tertiary/aromatic N) is 6. The molecule has 2 aromatic rings. The molecule has 9 heteroatoms. The van der Waals surface area contributed by atoms with Gasteiger partial charge in [-0.25, -0.2) is 9.67 Å². The summed E-state index contributed by atoms with van der Waals surface area (Å²) in [5.41, 5.74) is 7.23. The van der Waals surface area contributed by atoms with Gasteiger partial charge in [0.25, 0.3) is 5.91 Å². The smallest absolute Gasteiger partial charge is 0.252 e. The Morgan fingerprint density at radius 1 is 1.08 bits per heavy atom. The highest BCUT2D eigenvalue weighted by Crippen LogP contribution is 2.39. The lowest BCUT2D eigenvalue weighted by Crippen LogP contribution is -2.47. The third kappa shape index (κ3) is 4.04. The van der Waals surface area contributed by atoms with E-state index in [9.17, 15) is 9.59 Å². The lowest BCUT2D eigenvalue weighted by molar-refractivity contribution is -0.133. The number of hydrogen-bond acceptors (Lipinski definition) is 5. The molecular formula is C30H31ClN6O2. The van der Waals surface area contributed by atoms with Crippen LogP contribution in [0.4, 0.5) is 0 Å². The SMILES string of the molecule is C=CC(=O)N1CCc2nn(-c3ccc(C4CCC4)cc3)c3c2C(C1)N(C(=O)C1=CC=C2C(Cl)=NCN2C1)CC3. The first-order valence-electron chi connectivity index (χ1n) is 13.8. The van der Waals surface area contributed by atoms with Crippen molar-refractivity contribution in [2.75, 3.05) is 32.8 Å². The molecule has 0 saturated heterocycles. The second-order valence-electron chi connectivity index (χ2n) is 11.0. The minimum absolute atomic E-state index is 0.0135. The molecule has 7 rings (SSSR count). The molecule has 2 amide bonds. The Kier molecular flexibility index (Phi) is 5.95. The van der Waals surface area contributed by atoms with E-state index in [4.69, 9.17) is 16.7 Å². The average Bonchev–Trinajstić information content (AvgIpc) is 3.43. The van der Waals surface area contributed by atoms with Gasteiger partial charge in [-0.2, -0.15) is 5.10 Å². The third-order valence-corrected chi connectivity index (χ3v) is 9.19. The van der Waals surface area contributed by atoms with Crippen molar-refractivity contribution in [3.05, 3.63) is 82.9 Å². The molecule has 4 aliphatic heterocycles. The fourth-order valence-electron chi connectivity index (χ4n) is 6.52. The van der Waals surface area contributed by atoms with E-state index in [0.717, 1.165) is 28.3 Å². The summed E-state index contributed by atoms with van der Waals surface area (Å²) in [6.45, 7) is 6.16. The Labute approximate surface area is 232 Å². The van der Waals surface area contributed by atoms with Crippen LogP contribution in [0.2, 0.25) is 0 Å². The Morgan fingerprint density at radius 3 is 2.64 bits per heavy atom. The lowest BCUT2D eigenvalue weighted by Gasteiger charge is -2.39. The molecule has 1 aliphatic carbocycles. The van der Waals surface area contributed by atoms with Crippen molar-refractivity contribution in [2.24, 2.45) is 4.99 Å². The molecule has 0 N–H and O–H groups in total. The van der Waals surface area contributed by atoms with Gasteiger partial charge in [0.2, 0.25) is 5.91 Å². The van der Waals surface area contributed by atoms with Crippen LogP contribution in [0.3, 0.4) is 0 Å². The summed E-state index contributed by atoms with van der Waals surface area (Å²) in [4.78, 5) is 36.8. The molecule has 0 radical (unpaired) electrons. The van der Waals surface area contributed by atoms with Crippen LogP contribution in [-0.4, -0.2) is 74.3 Å². The van der Waals surface area contributed by atoms with Gasteiger partial charge in [-0.15, -0.1) is 0 Å². The summed E-state index contributed by atoms with van der Waals surface area (Å²) in [5, 5.41) is 5.57. The first-order chi connectivity index (χ1) is 19.0. The van der Waals surface area contributed by atoms with Crippen LogP contribution >= 0.6 is 11.6 Å². The number of aliphatic imine (C=N–C) groups is 1. The largest absolute Gasteiger partial charge is 0.345 e. The van der Waals surface area contributed by atoms with Crippen LogP contribution in [-0.2, 0) is 22.4 Å². The molecule has 0 bridgehead atoms. The number of allylic oxidation sites excluding steroid dienone is 3. The first kappa shape index (κ1) is 24.4. The van der Waals surface area contributed by atoms with Gasteiger partial charge in [0.1, 0.15) is 11.8 Å². The molecule has 200 valence electrons. The number of aromatic nitrogens is 2. The highest BCUT2D eigenvalue weighted by Gasteiger charge is 2.41. The highest BCUT2D eigenvalue weighted by atomic mass is 35.5. The predicted molar refractivity (Wildman–Crippen MR) is 150 cm³/mol. The molecule has 1 atom stereocenters. The van der Waals surface area contributed by atoms with Gasteiger partial charge >= 0.3 is 0 Å². The van der Waals surface area contributed by atoms with E-state index in [-0.39, 0.29) is 17.9 Å². The van der Waals surface area contributed by atoms with Crippen molar-refractivity contribution in [1.82, 2.24) is 24.5 Å². The molecule has 1 aromatic carbocycles. The van der Waals surface area contributed by atoms with Crippen molar-refractivity contribution < 1.29 is 9.59 Å². The molecule has 8 nitrogen and oxygen atoms in total. The molecule has 1 fully saturated rings. The van der Waals surface area contributed by atoms with E-state index >= 15 is 0 Å². The number of fused-ring (bicyclic) bond motifs is 1. The number of benzene rings is 1. The van der Waals surface area contributed by atoms with Gasteiger partial charge in [-0.3, -0.25) is 9.59 Å².